The molecule has 2 nitrogen and oxygen atoms in total. The van der Waals surface area contributed by atoms with E-state index in [0.29, 0.717) is 10.8 Å². The van der Waals surface area contributed by atoms with Gasteiger partial charge in [-0.1, -0.05) is 32.4 Å². The van der Waals surface area contributed by atoms with Crippen molar-refractivity contribution in [2.24, 2.45) is 40.4 Å². The number of aliphatic hydroxyl groups excluding tert-OH is 1. The minimum Gasteiger partial charge on any atom is -0.393 e. The van der Waals surface area contributed by atoms with E-state index in [2.05, 4.69) is 32.9 Å². The topological polar surface area (TPSA) is 44.0 Å². The number of hydrogen-bond acceptors (Lipinski definition) is 2. The highest BCUT2D eigenvalue weighted by molar-refractivity contribution is 5.25. The van der Waals surface area contributed by atoms with Crippen LogP contribution in [0.2, 0.25) is 0 Å². The van der Waals surface area contributed by atoms with Crippen molar-refractivity contribution in [3.05, 3.63) is 11.6 Å². The summed E-state index contributed by atoms with van der Waals surface area (Å²) in [4.78, 5) is 0. The summed E-state index contributed by atoms with van der Waals surface area (Å²) in [6.07, 6.45) is 15.5. The van der Waals surface area contributed by atoms with E-state index in [1.165, 1.54) is 44.9 Å². The Hall–Kier alpha value is -0.810. The summed E-state index contributed by atoms with van der Waals surface area (Å²) in [5.41, 5.74) is 2.47. The van der Waals surface area contributed by atoms with Gasteiger partial charge in [0.05, 0.1) is 12.2 Å². The minimum atomic E-state index is -0.0974. The quantitative estimate of drug-likeness (QED) is 0.470. The first-order valence-electron chi connectivity index (χ1n) is 11.6. The molecule has 150 valence electrons. The van der Waals surface area contributed by atoms with Crippen molar-refractivity contribution in [3.63, 3.8) is 0 Å². The van der Waals surface area contributed by atoms with Crippen molar-refractivity contribution < 1.29 is 5.11 Å². The van der Waals surface area contributed by atoms with Gasteiger partial charge in [0.1, 0.15) is 0 Å². The average molecular weight is 370 g/mol. The number of allylic oxidation sites excluding steroid dienone is 1. The fourth-order valence-corrected chi connectivity index (χ4v) is 8.32. The average Bonchev–Trinajstić information content (AvgIpc) is 3.00. The molecule has 8 atom stereocenters. The van der Waals surface area contributed by atoms with Crippen LogP contribution in [0.25, 0.3) is 0 Å². The van der Waals surface area contributed by atoms with Gasteiger partial charge in [-0.2, -0.15) is 5.26 Å². The molecular weight excluding hydrogens is 330 g/mol. The Bertz CT molecular complexity index is 633. The summed E-state index contributed by atoms with van der Waals surface area (Å²) in [6, 6.07) is 2.33. The third-order valence-electron chi connectivity index (χ3n) is 9.79. The normalized spacial score (nSPS) is 47.2. The molecule has 0 heterocycles. The van der Waals surface area contributed by atoms with E-state index in [4.69, 9.17) is 5.26 Å². The summed E-state index contributed by atoms with van der Waals surface area (Å²) in [7, 11) is 0. The highest BCUT2D eigenvalue weighted by Gasteiger charge is 2.58. The molecule has 0 amide bonds. The number of nitrogens with zero attached hydrogens (tertiary/aromatic N) is 1. The highest BCUT2D eigenvalue weighted by atomic mass is 16.3. The van der Waals surface area contributed by atoms with E-state index in [0.717, 1.165) is 55.3 Å². The van der Waals surface area contributed by atoms with Gasteiger partial charge in [-0.25, -0.2) is 0 Å². The van der Waals surface area contributed by atoms with Crippen molar-refractivity contribution >= 4 is 0 Å². The van der Waals surface area contributed by atoms with Crippen LogP contribution < -0.4 is 0 Å². The fraction of sp³-hybridized carbons (Fsp3) is 0.880. The van der Waals surface area contributed by atoms with Crippen LogP contribution in [0.5, 0.6) is 0 Å². The van der Waals surface area contributed by atoms with E-state index in [-0.39, 0.29) is 6.10 Å². The van der Waals surface area contributed by atoms with Gasteiger partial charge < -0.3 is 5.11 Å². The molecule has 2 heteroatoms. The third-order valence-corrected chi connectivity index (χ3v) is 9.79. The minimum absolute atomic E-state index is 0.0974. The molecule has 4 aliphatic rings. The Balaban J connectivity index is 1.53. The molecule has 0 aromatic carbocycles. The molecule has 0 spiro atoms. The van der Waals surface area contributed by atoms with E-state index < -0.39 is 0 Å². The molecule has 3 fully saturated rings. The molecule has 0 saturated heterocycles. The van der Waals surface area contributed by atoms with Crippen LogP contribution in [-0.2, 0) is 0 Å². The largest absolute Gasteiger partial charge is 0.393 e. The molecule has 4 rings (SSSR count). The standard InChI is InChI=1S/C25H39NO/c1-17(6-4-5-15-26)21-9-10-22-20-8-7-18-16-19(27)11-13-24(18,2)23(20)12-14-25(21,22)3/h7,17,19-23,27H,4-6,8-14,16H2,1-3H3/t17-,19+,20+,21-,22+,23?,24+,25-/m1/s1. The number of aliphatic hydroxyl groups is 1. The van der Waals surface area contributed by atoms with Crippen molar-refractivity contribution in [2.45, 2.75) is 97.5 Å². The fourth-order valence-electron chi connectivity index (χ4n) is 8.32. The van der Waals surface area contributed by atoms with E-state index in [9.17, 15) is 5.11 Å². The molecular formula is C25H39NO. The number of hydrogen-bond donors (Lipinski definition) is 1. The predicted octanol–water partition coefficient (Wildman–Crippen LogP) is 6.26. The zero-order valence-electron chi connectivity index (χ0n) is 17.7. The molecule has 0 bridgehead atoms. The molecule has 0 aromatic heterocycles. The van der Waals surface area contributed by atoms with Crippen molar-refractivity contribution in [3.8, 4) is 6.07 Å². The van der Waals surface area contributed by atoms with Crippen LogP contribution >= 0.6 is 0 Å². The molecule has 0 aromatic rings. The second kappa shape index (κ2) is 7.22. The number of unbranched alkanes of at least 4 members (excludes halogenated alkanes) is 1. The lowest BCUT2D eigenvalue weighted by molar-refractivity contribution is -0.0572. The lowest BCUT2D eigenvalue weighted by Crippen LogP contribution is -2.50. The van der Waals surface area contributed by atoms with Gasteiger partial charge in [0.15, 0.2) is 0 Å². The first-order chi connectivity index (χ1) is 12.9. The zero-order valence-corrected chi connectivity index (χ0v) is 17.7. The molecule has 27 heavy (non-hydrogen) atoms. The summed E-state index contributed by atoms with van der Waals surface area (Å²) in [5.74, 6) is 4.22. The Labute approximate surface area is 166 Å². The van der Waals surface area contributed by atoms with Gasteiger partial charge in [-0.15, -0.1) is 0 Å². The second-order valence-corrected chi connectivity index (χ2v) is 10.9. The van der Waals surface area contributed by atoms with Crippen LogP contribution in [0.4, 0.5) is 0 Å². The second-order valence-electron chi connectivity index (χ2n) is 10.9. The monoisotopic (exact) mass is 369 g/mol. The van der Waals surface area contributed by atoms with Gasteiger partial charge >= 0.3 is 0 Å². The van der Waals surface area contributed by atoms with Crippen molar-refractivity contribution in [1.29, 1.82) is 5.26 Å². The maximum atomic E-state index is 10.2. The van der Waals surface area contributed by atoms with Crippen LogP contribution in [-0.4, -0.2) is 11.2 Å². The predicted molar refractivity (Wildman–Crippen MR) is 110 cm³/mol. The van der Waals surface area contributed by atoms with E-state index in [1.807, 2.05) is 0 Å². The number of fused-ring (bicyclic) bond motifs is 5. The molecule has 4 aliphatic carbocycles. The van der Waals surface area contributed by atoms with Crippen LogP contribution in [0.15, 0.2) is 11.6 Å². The first-order valence-corrected chi connectivity index (χ1v) is 11.6. The Morgan fingerprint density at radius 3 is 2.78 bits per heavy atom. The Morgan fingerprint density at radius 2 is 2.00 bits per heavy atom. The van der Waals surface area contributed by atoms with Gasteiger partial charge in [-0.05, 0) is 105 Å². The van der Waals surface area contributed by atoms with Gasteiger partial charge in [0.25, 0.3) is 0 Å². The summed E-state index contributed by atoms with van der Waals surface area (Å²) < 4.78 is 0. The summed E-state index contributed by atoms with van der Waals surface area (Å²) >= 11 is 0. The van der Waals surface area contributed by atoms with E-state index in [1.54, 1.807) is 5.57 Å². The molecule has 0 aliphatic heterocycles. The number of rotatable bonds is 4. The van der Waals surface area contributed by atoms with Crippen LogP contribution in [0, 0.1) is 51.8 Å². The SMILES string of the molecule is C[C@H](CCCC#N)[C@H]1CC[C@H]2[C@@H]3CC=C4C[C@@H](O)CC[C@]4(C)C3CC[C@]12C. The van der Waals surface area contributed by atoms with Gasteiger partial charge in [0.2, 0.25) is 0 Å². The molecule has 3 saturated carbocycles. The Morgan fingerprint density at radius 1 is 1.19 bits per heavy atom. The third kappa shape index (κ3) is 3.09. The summed E-state index contributed by atoms with van der Waals surface area (Å²) in [5, 5.41) is 19.0. The summed E-state index contributed by atoms with van der Waals surface area (Å²) in [6.45, 7) is 7.62. The maximum Gasteiger partial charge on any atom is 0.0621 e. The first kappa shape index (κ1) is 19.5. The maximum absolute atomic E-state index is 10.2. The van der Waals surface area contributed by atoms with Crippen LogP contribution in [0.3, 0.4) is 0 Å². The van der Waals surface area contributed by atoms with Crippen molar-refractivity contribution in [2.75, 3.05) is 0 Å². The smallest absolute Gasteiger partial charge is 0.0621 e. The van der Waals surface area contributed by atoms with E-state index >= 15 is 0 Å². The molecule has 0 radical (unpaired) electrons. The lowest BCUT2D eigenvalue weighted by atomic mass is 9.47. The highest BCUT2D eigenvalue weighted by Crippen LogP contribution is 2.67. The van der Waals surface area contributed by atoms with Gasteiger partial charge in [-0.3, -0.25) is 0 Å². The molecule has 1 unspecified atom stereocenters. The number of nitriles is 1. The van der Waals surface area contributed by atoms with Crippen molar-refractivity contribution in [1.82, 2.24) is 0 Å². The zero-order chi connectivity index (χ0) is 19.2. The van der Waals surface area contributed by atoms with Crippen LogP contribution in [0.1, 0.15) is 91.4 Å². The molecule has 1 N–H and O–H groups in total. The van der Waals surface area contributed by atoms with Gasteiger partial charge in [0, 0.05) is 6.42 Å². The lowest BCUT2D eigenvalue weighted by Gasteiger charge is -2.58. The Kier molecular flexibility index (Phi) is 5.21.